The Bertz CT molecular complexity index is 1090. The van der Waals surface area contributed by atoms with Crippen LogP contribution in [0.25, 0.3) is 5.70 Å². The number of amides is 1. The number of non-ortho nitro benzene ring substituents is 1. The summed E-state index contributed by atoms with van der Waals surface area (Å²) in [5.74, 6) is 0.611. The van der Waals surface area contributed by atoms with Crippen LogP contribution in [0.4, 0.5) is 5.69 Å². The van der Waals surface area contributed by atoms with Crippen LogP contribution >= 0.6 is 11.8 Å². The average Bonchev–Trinajstić information content (AvgIpc) is 3.26. The van der Waals surface area contributed by atoms with Crippen molar-refractivity contribution in [1.82, 2.24) is 14.9 Å². The predicted molar refractivity (Wildman–Crippen MR) is 121 cm³/mol. The lowest BCUT2D eigenvalue weighted by molar-refractivity contribution is -0.384. The number of fused-ring (bicyclic) bond motifs is 1. The lowest BCUT2D eigenvalue weighted by Crippen LogP contribution is -2.43. The number of allylic oxidation sites excluding steroid dienone is 1. The molecule has 0 N–H and O–H groups in total. The summed E-state index contributed by atoms with van der Waals surface area (Å²) in [5, 5.41) is 21.9. The van der Waals surface area contributed by atoms with Crippen LogP contribution in [0, 0.1) is 10.1 Å². The molecule has 2 aromatic rings. The molecule has 32 heavy (non-hydrogen) atoms. The van der Waals surface area contributed by atoms with Crippen molar-refractivity contribution >= 4 is 34.8 Å². The SMILES string of the molecule is CCC(=O)C1=C(c2ccc([N+](=O)[O-])cc2)N(C(=O)CC)n2c(nnc2C2CCCCC2)S1. The fraction of sp³-hybridized carbons (Fsp3) is 0.455. The molecule has 0 spiro atoms. The smallest absolute Gasteiger partial charge is 0.269 e. The van der Waals surface area contributed by atoms with Gasteiger partial charge in [-0.2, -0.15) is 0 Å². The minimum absolute atomic E-state index is 0.0533. The minimum Gasteiger partial charge on any atom is -0.294 e. The maximum Gasteiger partial charge on any atom is 0.269 e. The van der Waals surface area contributed by atoms with E-state index in [-0.39, 0.29) is 36.1 Å². The van der Waals surface area contributed by atoms with E-state index in [2.05, 4.69) is 10.2 Å². The van der Waals surface area contributed by atoms with E-state index in [1.54, 1.807) is 30.7 Å². The number of nitrogens with zero attached hydrogens (tertiary/aromatic N) is 5. The Hall–Kier alpha value is -3.01. The first-order valence-electron chi connectivity index (χ1n) is 10.9. The van der Waals surface area contributed by atoms with Gasteiger partial charge >= 0.3 is 0 Å². The Morgan fingerprint density at radius 1 is 1.09 bits per heavy atom. The summed E-state index contributed by atoms with van der Waals surface area (Å²) in [5.41, 5.74) is 0.950. The Morgan fingerprint density at radius 2 is 1.78 bits per heavy atom. The molecule has 1 aliphatic carbocycles. The van der Waals surface area contributed by atoms with Gasteiger partial charge in [0.05, 0.1) is 15.5 Å². The highest BCUT2D eigenvalue weighted by atomic mass is 32.2. The predicted octanol–water partition coefficient (Wildman–Crippen LogP) is 4.56. The summed E-state index contributed by atoms with van der Waals surface area (Å²) < 4.78 is 1.76. The van der Waals surface area contributed by atoms with E-state index in [9.17, 15) is 19.7 Å². The Kier molecular flexibility index (Phi) is 6.40. The van der Waals surface area contributed by atoms with Gasteiger partial charge in [-0.15, -0.1) is 10.2 Å². The van der Waals surface area contributed by atoms with Gasteiger partial charge in [-0.25, -0.2) is 9.69 Å². The van der Waals surface area contributed by atoms with Crippen molar-refractivity contribution in [3.05, 3.63) is 50.7 Å². The zero-order chi connectivity index (χ0) is 22.8. The summed E-state index contributed by atoms with van der Waals surface area (Å²) in [6.45, 7) is 3.53. The third kappa shape index (κ3) is 3.94. The Morgan fingerprint density at radius 3 is 2.38 bits per heavy atom. The van der Waals surface area contributed by atoms with E-state index < -0.39 is 4.92 Å². The first-order valence-corrected chi connectivity index (χ1v) is 11.8. The van der Waals surface area contributed by atoms with Crippen molar-refractivity contribution in [3.8, 4) is 0 Å². The molecule has 4 rings (SSSR count). The molecule has 1 aromatic carbocycles. The average molecular weight is 456 g/mol. The summed E-state index contributed by atoms with van der Waals surface area (Å²) in [4.78, 5) is 37.2. The van der Waals surface area contributed by atoms with Gasteiger partial charge in [0.2, 0.25) is 11.1 Å². The molecule has 1 aromatic heterocycles. The van der Waals surface area contributed by atoms with Crippen LogP contribution in [-0.2, 0) is 9.59 Å². The van der Waals surface area contributed by atoms with Crippen LogP contribution in [0.3, 0.4) is 0 Å². The van der Waals surface area contributed by atoms with Gasteiger partial charge in [0.15, 0.2) is 11.6 Å². The van der Waals surface area contributed by atoms with Crippen molar-refractivity contribution in [1.29, 1.82) is 0 Å². The number of carbonyl (C=O) groups excluding carboxylic acids is 2. The summed E-state index contributed by atoms with van der Waals surface area (Å²) in [7, 11) is 0. The highest BCUT2D eigenvalue weighted by molar-refractivity contribution is 8.04. The maximum atomic E-state index is 13.3. The topological polar surface area (TPSA) is 111 Å². The quantitative estimate of drug-likeness (QED) is 0.463. The van der Waals surface area contributed by atoms with Gasteiger partial charge in [0.1, 0.15) is 0 Å². The second kappa shape index (κ2) is 9.23. The number of ketones is 1. The van der Waals surface area contributed by atoms with Gasteiger partial charge < -0.3 is 0 Å². The molecule has 0 atom stereocenters. The second-order valence-corrected chi connectivity index (χ2v) is 8.88. The van der Waals surface area contributed by atoms with Gasteiger partial charge in [-0.3, -0.25) is 19.7 Å². The molecule has 0 radical (unpaired) electrons. The van der Waals surface area contributed by atoms with E-state index >= 15 is 0 Å². The normalized spacial score (nSPS) is 16.8. The summed E-state index contributed by atoms with van der Waals surface area (Å²) in [6.07, 6.45) is 5.83. The first-order chi connectivity index (χ1) is 15.5. The van der Waals surface area contributed by atoms with Crippen molar-refractivity contribution in [3.63, 3.8) is 0 Å². The van der Waals surface area contributed by atoms with Crippen LogP contribution in [0.1, 0.15) is 76.1 Å². The monoisotopic (exact) mass is 455 g/mol. The number of rotatable bonds is 6. The Labute approximate surface area is 190 Å². The number of thioether (sulfide) groups is 1. The third-order valence-corrected chi connectivity index (χ3v) is 6.95. The highest BCUT2D eigenvalue weighted by Gasteiger charge is 2.38. The molecule has 1 fully saturated rings. The number of aromatic nitrogens is 3. The molecule has 10 heteroatoms. The van der Waals surface area contributed by atoms with Crippen molar-refractivity contribution in [2.75, 3.05) is 5.01 Å². The number of hydrogen-bond donors (Lipinski definition) is 0. The molecule has 2 aliphatic rings. The number of nitro groups is 1. The number of carbonyl (C=O) groups is 2. The molecule has 1 amide bonds. The van der Waals surface area contributed by atoms with Gasteiger partial charge in [-0.05, 0) is 36.7 Å². The fourth-order valence-corrected chi connectivity index (χ4v) is 5.29. The van der Waals surface area contributed by atoms with Crippen LogP contribution < -0.4 is 5.01 Å². The molecular weight excluding hydrogens is 430 g/mol. The summed E-state index contributed by atoms with van der Waals surface area (Å²) >= 11 is 1.21. The van der Waals surface area contributed by atoms with Crippen molar-refractivity contribution < 1.29 is 14.5 Å². The van der Waals surface area contributed by atoms with Crippen molar-refractivity contribution in [2.45, 2.75) is 69.9 Å². The Balaban J connectivity index is 1.90. The number of nitro benzene ring substituents is 1. The standard InChI is InChI=1S/C22H25N5O4S/c1-3-17(28)20-19(14-10-12-16(13-11-14)27(30)31)25(18(29)4-2)26-21(23-24-22(26)32-20)15-8-6-5-7-9-15/h10-13,15H,3-9H2,1-2H3. The number of benzene rings is 1. The zero-order valence-electron chi connectivity index (χ0n) is 18.1. The van der Waals surface area contributed by atoms with E-state index in [4.69, 9.17) is 0 Å². The lowest BCUT2D eigenvalue weighted by atomic mass is 9.89. The third-order valence-electron chi connectivity index (χ3n) is 5.89. The largest absolute Gasteiger partial charge is 0.294 e. The van der Waals surface area contributed by atoms with Crippen LogP contribution in [0.15, 0.2) is 34.3 Å². The van der Waals surface area contributed by atoms with Gasteiger partial charge in [0.25, 0.3) is 5.69 Å². The van der Waals surface area contributed by atoms with Crippen LogP contribution in [-0.4, -0.2) is 31.5 Å². The van der Waals surface area contributed by atoms with E-state index in [0.29, 0.717) is 21.3 Å². The van der Waals surface area contributed by atoms with Crippen molar-refractivity contribution in [2.24, 2.45) is 0 Å². The summed E-state index contributed by atoms with van der Waals surface area (Å²) in [6, 6.07) is 5.95. The van der Waals surface area contributed by atoms with E-state index in [0.717, 1.165) is 31.5 Å². The molecule has 0 saturated heterocycles. The van der Waals surface area contributed by atoms with Gasteiger partial charge in [0, 0.05) is 36.5 Å². The first kappa shape index (κ1) is 22.2. The maximum absolute atomic E-state index is 13.3. The molecule has 0 unspecified atom stereocenters. The highest BCUT2D eigenvalue weighted by Crippen LogP contribution is 2.43. The van der Waals surface area contributed by atoms with Crippen LogP contribution in [0.5, 0.6) is 0 Å². The molecule has 9 nitrogen and oxygen atoms in total. The molecule has 1 saturated carbocycles. The molecular formula is C22H25N5O4S. The molecule has 0 bridgehead atoms. The fourth-order valence-electron chi connectivity index (χ4n) is 4.21. The lowest BCUT2D eigenvalue weighted by Gasteiger charge is -2.34. The number of Topliss-reactive ketones (excluding diaryl/α,β-unsaturated/α-hetero) is 1. The zero-order valence-corrected chi connectivity index (χ0v) is 18.9. The number of hydrogen-bond acceptors (Lipinski definition) is 7. The van der Waals surface area contributed by atoms with Gasteiger partial charge in [-0.1, -0.05) is 33.1 Å². The van der Waals surface area contributed by atoms with E-state index in [1.807, 2.05) is 0 Å². The second-order valence-electron chi connectivity index (χ2n) is 7.91. The van der Waals surface area contributed by atoms with E-state index in [1.165, 1.54) is 35.3 Å². The molecule has 2 heterocycles. The molecule has 1 aliphatic heterocycles. The van der Waals surface area contributed by atoms with Crippen LogP contribution in [0.2, 0.25) is 0 Å². The molecule has 168 valence electrons. The minimum atomic E-state index is -0.472.